The molecule has 1 aromatic heterocycles. The number of carbonyl (C=O) groups is 1. The summed E-state index contributed by atoms with van der Waals surface area (Å²) in [7, 11) is 1.53. The molecule has 1 saturated carbocycles. The number of carbonyl (C=O) groups excluding carboxylic acids is 1. The summed E-state index contributed by atoms with van der Waals surface area (Å²) in [6.45, 7) is 8.24. The Morgan fingerprint density at radius 3 is 2.41 bits per heavy atom. The Labute approximate surface area is 175 Å². The molecule has 1 fully saturated rings. The number of ether oxygens (including phenoxy) is 2. The first-order valence-corrected chi connectivity index (χ1v) is 9.66. The number of nitriles is 1. The average Bonchev–Trinajstić information content (AvgIpc) is 2.69. The van der Waals surface area contributed by atoms with E-state index in [1.54, 1.807) is 30.3 Å². The summed E-state index contributed by atoms with van der Waals surface area (Å²) < 4.78 is 11.3. The van der Waals surface area contributed by atoms with Gasteiger partial charge >= 0.3 is 0 Å². The molecule has 0 aliphatic heterocycles. The lowest BCUT2D eigenvalue weighted by Gasteiger charge is -2.63. The number of methoxy groups -OCH3 is 1. The van der Waals surface area contributed by atoms with E-state index >= 15 is 0 Å². The van der Waals surface area contributed by atoms with Gasteiger partial charge in [0.1, 0.15) is 17.9 Å². The number of aromatic nitrogens is 1. The minimum Gasteiger partial charge on any atom is -0.489 e. The largest absolute Gasteiger partial charge is 0.489 e. The second-order valence-corrected chi connectivity index (χ2v) is 8.80. The summed E-state index contributed by atoms with van der Waals surface area (Å²) in [6.07, 6.45) is 1.35. The van der Waals surface area contributed by atoms with Gasteiger partial charge in [0.15, 0.2) is 0 Å². The van der Waals surface area contributed by atoms with E-state index in [-0.39, 0.29) is 28.9 Å². The lowest BCUT2D eigenvalue weighted by atomic mass is 9.49. The van der Waals surface area contributed by atoms with Crippen LogP contribution < -0.4 is 14.8 Å². The van der Waals surface area contributed by atoms with Crippen LogP contribution in [0.1, 0.15) is 43.6 Å². The highest BCUT2D eigenvalue weighted by atomic mass is 35.5. The number of halogens is 1. The Kier molecular flexibility index (Phi) is 5.46. The fraction of sp³-hybridized carbons (Fsp3) is 0.409. The molecule has 0 bridgehead atoms. The lowest BCUT2D eigenvalue weighted by molar-refractivity contribution is -0.164. The van der Waals surface area contributed by atoms with Crippen LogP contribution in [0.2, 0.25) is 5.02 Å². The van der Waals surface area contributed by atoms with Crippen LogP contribution in [0.3, 0.4) is 0 Å². The smallest absolute Gasteiger partial charge is 0.253 e. The minimum absolute atomic E-state index is 0.108. The lowest BCUT2D eigenvalue weighted by Crippen LogP contribution is -2.74. The van der Waals surface area contributed by atoms with Crippen LogP contribution in [0.4, 0.5) is 0 Å². The highest BCUT2D eigenvalue weighted by Crippen LogP contribution is 2.55. The van der Waals surface area contributed by atoms with Crippen molar-refractivity contribution in [3.8, 4) is 17.7 Å². The van der Waals surface area contributed by atoms with Crippen molar-refractivity contribution in [1.82, 2.24) is 10.3 Å². The van der Waals surface area contributed by atoms with Crippen molar-refractivity contribution in [1.29, 1.82) is 5.26 Å². The maximum Gasteiger partial charge on any atom is 0.253 e. The van der Waals surface area contributed by atoms with Gasteiger partial charge in [0.2, 0.25) is 5.88 Å². The first-order valence-electron chi connectivity index (χ1n) is 9.28. The Morgan fingerprint density at radius 1 is 1.21 bits per heavy atom. The van der Waals surface area contributed by atoms with Gasteiger partial charge in [-0.1, -0.05) is 39.3 Å². The van der Waals surface area contributed by atoms with Crippen molar-refractivity contribution in [2.45, 2.75) is 39.8 Å². The zero-order chi connectivity index (χ0) is 21.4. The van der Waals surface area contributed by atoms with Gasteiger partial charge < -0.3 is 14.8 Å². The molecule has 0 saturated heterocycles. The molecular weight excluding hydrogens is 390 g/mol. The van der Waals surface area contributed by atoms with Crippen LogP contribution in [0.5, 0.6) is 11.6 Å². The Bertz CT molecular complexity index is 948. The van der Waals surface area contributed by atoms with E-state index in [1.165, 1.54) is 13.3 Å². The molecule has 7 heteroatoms. The number of amides is 1. The molecule has 29 heavy (non-hydrogen) atoms. The molecule has 1 N–H and O–H groups in total. The van der Waals surface area contributed by atoms with Crippen LogP contribution in [0, 0.1) is 22.2 Å². The Balaban J connectivity index is 1.74. The third-order valence-corrected chi connectivity index (χ3v) is 5.95. The summed E-state index contributed by atoms with van der Waals surface area (Å²) in [4.78, 5) is 16.8. The first kappa shape index (κ1) is 20.9. The van der Waals surface area contributed by atoms with Gasteiger partial charge in [-0.3, -0.25) is 4.79 Å². The average molecular weight is 414 g/mol. The number of hydrogen-bond acceptors (Lipinski definition) is 5. The van der Waals surface area contributed by atoms with Crippen LogP contribution >= 0.6 is 11.6 Å². The molecule has 1 heterocycles. The van der Waals surface area contributed by atoms with Crippen LogP contribution in [0.25, 0.3) is 0 Å². The molecule has 0 spiro atoms. The molecule has 0 atom stereocenters. The van der Waals surface area contributed by atoms with Gasteiger partial charge in [-0.25, -0.2) is 4.98 Å². The number of nitrogens with zero attached hydrogens (tertiary/aromatic N) is 2. The third-order valence-electron chi connectivity index (χ3n) is 5.64. The highest BCUT2D eigenvalue weighted by Gasteiger charge is 2.64. The van der Waals surface area contributed by atoms with Crippen molar-refractivity contribution in [2.75, 3.05) is 7.11 Å². The molecule has 1 aliphatic rings. The van der Waals surface area contributed by atoms with Crippen LogP contribution in [-0.4, -0.2) is 30.1 Å². The molecule has 0 radical (unpaired) electrons. The van der Waals surface area contributed by atoms with E-state index in [4.69, 9.17) is 26.3 Å². The van der Waals surface area contributed by atoms with Crippen molar-refractivity contribution in [3.63, 3.8) is 0 Å². The zero-order valence-electron chi connectivity index (χ0n) is 17.1. The van der Waals surface area contributed by atoms with Crippen molar-refractivity contribution in [3.05, 3.63) is 52.7 Å². The summed E-state index contributed by atoms with van der Waals surface area (Å²) in [5.41, 5.74) is 0.240. The van der Waals surface area contributed by atoms with E-state index in [1.807, 2.05) is 6.07 Å². The predicted octanol–water partition coefficient (Wildman–Crippen LogP) is 4.23. The second kappa shape index (κ2) is 7.57. The normalized spacial score (nSPS) is 21.4. The molecule has 152 valence electrons. The second-order valence-electron chi connectivity index (χ2n) is 8.39. The number of nitrogens with one attached hydrogen (secondary N) is 1. The number of benzene rings is 1. The van der Waals surface area contributed by atoms with E-state index in [0.717, 1.165) is 0 Å². The van der Waals surface area contributed by atoms with Gasteiger partial charge in [0.05, 0.1) is 23.3 Å². The molecular formula is C22H24ClN3O3. The molecule has 1 aromatic carbocycles. The quantitative estimate of drug-likeness (QED) is 0.792. The summed E-state index contributed by atoms with van der Waals surface area (Å²) >= 11 is 6.13. The maximum atomic E-state index is 12.7. The molecule has 1 amide bonds. The standard InChI is InChI=1S/C22H24ClN3O3/c1-21(2)19(26-18(27)14-7-9-17(28-5)25-12-14)22(3,4)20(21)29-15-8-6-13(11-24)16(23)10-15/h6-10,12,19-20H,1-5H3,(H,26,27). The minimum atomic E-state index is -0.320. The van der Waals surface area contributed by atoms with Gasteiger partial charge in [0.25, 0.3) is 5.91 Å². The van der Waals surface area contributed by atoms with Crippen LogP contribution in [-0.2, 0) is 0 Å². The fourth-order valence-electron chi connectivity index (χ4n) is 4.45. The predicted molar refractivity (Wildman–Crippen MR) is 110 cm³/mol. The zero-order valence-corrected chi connectivity index (χ0v) is 17.9. The monoisotopic (exact) mass is 413 g/mol. The molecule has 1 aliphatic carbocycles. The van der Waals surface area contributed by atoms with Crippen molar-refractivity contribution >= 4 is 17.5 Å². The van der Waals surface area contributed by atoms with Crippen molar-refractivity contribution < 1.29 is 14.3 Å². The Hall–Kier alpha value is -2.78. The van der Waals surface area contributed by atoms with Gasteiger partial charge in [-0.05, 0) is 18.2 Å². The van der Waals surface area contributed by atoms with E-state index < -0.39 is 0 Å². The topological polar surface area (TPSA) is 84.2 Å². The maximum absolute atomic E-state index is 12.7. The number of pyridine rings is 1. The fourth-order valence-corrected chi connectivity index (χ4v) is 4.66. The Morgan fingerprint density at radius 2 is 1.90 bits per heavy atom. The summed E-state index contributed by atoms with van der Waals surface area (Å²) in [5, 5.41) is 12.5. The van der Waals surface area contributed by atoms with E-state index in [9.17, 15) is 4.79 Å². The van der Waals surface area contributed by atoms with E-state index in [0.29, 0.717) is 27.8 Å². The molecule has 3 rings (SSSR count). The van der Waals surface area contributed by atoms with E-state index in [2.05, 4.69) is 38.0 Å². The number of rotatable bonds is 5. The SMILES string of the molecule is COc1ccc(C(=O)NC2C(C)(C)C(Oc3ccc(C#N)c(Cl)c3)C2(C)C)cn1. The van der Waals surface area contributed by atoms with Gasteiger partial charge in [-0.2, -0.15) is 5.26 Å². The molecule has 0 unspecified atom stereocenters. The number of hydrogen-bond donors (Lipinski definition) is 1. The molecule has 2 aromatic rings. The van der Waals surface area contributed by atoms with Crippen LogP contribution in [0.15, 0.2) is 36.5 Å². The van der Waals surface area contributed by atoms with Crippen molar-refractivity contribution in [2.24, 2.45) is 10.8 Å². The third kappa shape index (κ3) is 3.75. The van der Waals surface area contributed by atoms with Gasteiger partial charge in [0, 0.05) is 35.2 Å². The summed E-state index contributed by atoms with van der Waals surface area (Å²) in [5.74, 6) is 0.871. The summed E-state index contributed by atoms with van der Waals surface area (Å²) in [6, 6.07) is 10.3. The van der Waals surface area contributed by atoms with Gasteiger partial charge in [-0.15, -0.1) is 0 Å². The highest BCUT2D eigenvalue weighted by molar-refractivity contribution is 6.31. The molecule has 6 nitrogen and oxygen atoms in total. The first-order chi connectivity index (χ1) is 13.6.